The van der Waals surface area contributed by atoms with Gasteiger partial charge in [0, 0.05) is 13.1 Å². The molecular weight excluding hydrogens is 324 g/mol. The molecule has 3 aromatic rings. The average Bonchev–Trinajstić information content (AvgIpc) is 2.96. The highest BCUT2D eigenvalue weighted by atomic mass is 32.2. The van der Waals surface area contributed by atoms with Gasteiger partial charge in [0.15, 0.2) is 5.16 Å². The van der Waals surface area contributed by atoms with Crippen molar-refractivity contribution >= 4 is 17.4 Å². The minimum absolute atomic E-state index is 0.0386. The van der Waals surface area contributed by atoms with E-state index in [2.05, 4.69) is 4.98 Å². The number of imidazole rings is 1. The summed E-state index contributed by atoms with van der Waals surface area (Å²) in [6, 6.07) is 16.1. The number of benzene rings is 2. The smallest absolute Gasteiger partial charge is 0.283 e. The Bertz CT molecular complexity index is 945. The Labute approximate surface area is 142 Å². The molecule has 0 atom stereocenters. The van der Waals surface area contributed by atoms with Crippen LogP contribution in [-0.4, -0.2) is 14.5 Å². The third-order valence-corrected chi connectivity index (χ3v) is 4.61. The molecule has 0 fully saturated rings. The fraction of sp³-hybridized carbons (Fsp3) is 0.0588. The molecule has 1 aromatic heterocycles. The zero-order chi connectivity index (χ0) is 17.1. The number of nitro benzene ring substituents is 1. The van der Waals surface area contributed by atoms with Crippen LogP contribution in [0, 0.1) is 21.4 Å². The molecule has 6 nitrogen and oxygen atoms in total. The normalized spacial score (nSPS) is 10.3. The van der Waals surface area contributed by atoms with Crippen LogP contribution < -0.4 is 0 Å². The maximum absolute atomic E-state index is 11.2. The molecule has 0 aliphatic carbocycles. The predicted molar refractivity (Wildman–Crippen MR) is 90.6 cm³/mol. The molecule has 0 saturated heterocycles. The lowest BCUT2D eigenvalue weighted by atomic mass is 10.2. The van der Waals surface area contributed by atoms with Gasteiger partial charge in [-0.15, -0.1) is 0 Å². The first-order valence-corrected chi connectivity index (χ1v) is 7.85. The molecule has 0 bridgehead atoms. The first-order valence-electron chi connectivity index (χ1n) is 7.03. The molecule has 7 heteroatoms. The minimum Gasteiger partial charge on any atom is -0.322 e. The Morgan fingerprint density at radius 1 is 1.25 bits per heavy atom. The van der Waals surface area contributed by atoms with Gasteiger partial charge >= 0.3 is 0 Å². The summed E-state index contributed by atoms with van der Waals surface area (Å²) in [5, 5.41) is 20.8. The summed E-state index contributed by atoms with van der Waals surface area (Å²) in [6.45, 7) is 0. The van der Waals surface area contributed by atoms with E-state index in [1.165, 1.54) is 30.0 Å². The second-order valence-electron chi connectivity index (χ2n) is 5.00. The van der Waals surface area contributed by atoms with Crippen LogP contribution in [0.3, 0.4) is 0 Å². The van der Waals surface area contributed by atoms with Crippen molar-refractivity contribution < 1.29 is 4.92 Å². The van der Waals surface area contributed by atoms with Crippen molar-refractivity contribution in [1.82, 2.24) is 9.55 Å². The van der Waals surface area contributed by atoms with Crippen LogP contribution in [0.15, 0.2) is 64.8 Å². The maximum Gasteiger partial charge on any atom is 0.283 e. The van der Waals surface area contributed by atoms with Gasteiger partial charge in [-0.3, -0.25) is 10.1 Å². The molecule has 2 aromatic carbocycles. The Kier molecular flexibility index (Phi) is 4.31. The fourth-order valence-electron chi connectivity index (χ4n) is 2.28. The van der Waals surface area contributed by atoms with Crippen molar-refractivity contribution in [1.29, 1.82) is 5.26 Å². The van der Waals surface area contributed by atoms with Crippen molar-refractivity contribution in [2.24, 2.45) is 7.05 Å². The van der Waals surface area contributed by atoms with Crippen molar-refractivity contribution in [3.63, 3.8) is 0 Å². The van der Waals surface area contributed by atoms with Crippen molar-refractivity contribution in [2.45, 2.75) is 10.1 Å². The monoisotopic (exact) mass is 336 g/mol. The summed E-state index contributed by atoms with van der Waals surface area (Å²) >= 11 is 1.17. The third-order valence-electron chi connectivity index (χ3n) is 3.50. The molecule has 24 heavy (non-hydrogen) atoms. The number of aromatic nitrogens is 2. The number of nitrogens with zero attached hydrogens (tertiary/aromatic N) is 4. The minimum atomic E-state index is -0.454. The second kappa shape index (κ2) is 6.56. The summed E-state index contributed by atoms with van der Waals surface area (Å²) < 4.78 is 1.88. The molecule has 0 spiro atoms. The van der Waals surface area contributed by atoms with Gasteiger partial charge in [0.05, 0.1) is 33.3 Å². The largest absolute Gasteiger partial charge is 0.322 e. The Morgan fingerprint density at radius 2 is 2.00 bits per heavy atom. The Balaban J connectivity index is 2.00. The van der Waals surface area contributed by atoms with E-state index in [-0.39, 0.29) is 5.69 Å². The van der Waals surface area contributed by atoms with Crippen molar-refractivity contribution in [3.05, 3.63) is 70.4 Å². The van der Waals surface area contributed by atoms with Crippen molar-refractivity contribution in [2.75, 3.05) is 0 Å². The third kappa shape index (κ3) is 3.00. The second-order valence-corrected chi connectivity index (χ2v) is 6.01. The lowest BCUT2D eigenvalue weighted by molar-refractivity contribution is -0.387. The SMILES string of the molecule is Cn1c(-c2ccccc2)cnc1Sc1cc(C#N)ccc1[N+](=O)[O-]. The molecule has 0 saturated carbocycles. The zero-order valence-electron chi connectivity index (χ0n) is 12.7. The molecule has 0 unspecified atom stereocenters. The topological polar surface area (TPSA) is 84.8 Å². The molecule has 118 valence electrons. The van der Waals surface area contributed by atoms with E-state index >= 15 is 0 Å². The molecule has 0 aliphatic heterocycles. The van der Waals surface area contributed by atoms with Crippen LogP contribution in [0.4, 0.5) is 5.69 Å². The number of nitro groups is 1. The fourth-order valence-corrected chi connectivity index (χ4v) is 3.25. The van der Waals surface area contributed by atoms with E-state index in [4.69, 9.17) is 5.26 Å². The summed E-state index contributed by atoms with van der Waals surface area (Å²) in [6.07, 6.45) is 1.73. The van der Waals surface area contributed by atoms with Crippen LogP contribution in [0.2, 0.25) is 0 Å². The maximum atomic E-state index is 11.2. The van der Waals surface area contributed by atoms with E-state index in [1.807, 2.05) is 48.0 Å². The highest BCUT2D eigenvalue weighted by Crippen LogP contribution is 2.36. The Hall–Kier alpha value is -3.11. The number of rotatable bonds is 4. The molecule has 1 heterocycles. The summed E-state index contributed by atoms with van der Waals surface area (Å²) in [4.78, 5) is 15.5. The predicted octanol–water partition coefficient (Wildman–Crippen LogP) is 4.02. The lowest BCUT2D eigenvalue weighted by Gasteiger charge is -2.06. The average molecular weight is 336 g/mol. The first kappa shape index (κ1) is 15.8. The van der Waals surface area contributed by atoms with E-state index in [0.29, 0.717) is 15.6 Å². The Morgan fingerprint density at radius 3 is 2.67 bits per heavy atom. The van der Waals surface area contributed by atoms with E-state index < -0.39 is 4.92 Å². The molecular formula is C17H12N4O2S. The van der Waals surface area contributed by atoms with E-state index in [1.54, 1.807) is 6.20 Å². The summed E-state index contributed by atoms with van der Waals surface area (Å²) in [5.41, 5.74) is 2.26. The molecule has 3 rings (SSSR count). The number of hydrogen-bond donors (Lipinski definition) is 0. The zero-order valence-corrected chi connectivity index (χ0v) is 13.5. The van der Waals surface area contributed by atoms with Gasteiger partial charge in [0.2, 0.25) is 0 Å². The van der Waals surface area contributed by atoms with Gasteiger partial charge in [0.1, 0.15) is 0 Å². The van der Waals surface area contributed by atoms with E-state index in [0.717, 1.165) is 11.3 Å². The highest BCUT2D eigenvalue weighted by molar-refractivity contribution is 7.99. The first-order chi connectivity index (χ1) is 11.6. The molecule has 0 amide bonds. The summed E-state index contributed by atoms with van der Waals surface area (Å²) in [5.74, 6) is 0. The molecule has 0 aliphatic rings. The standard InChI is InChI=1S/C17H12N4O2S/c1-20-15(13-5-3-2-4-6-13)11-19-17(20)24-16-9-12(10-18)7-8-14(16)21(22)23/h2-9,11H,1H3. The van der Waals surface area contributed by atoms with Crippen LogP contribution in [0.1, 0.15) is 5.56 Å². The van der Waals surface area contributed by atoms with Crippen LogP contribution in [0.5, 0.6) is 0 Å². The number of nitriles is 1. The van der Waals surface area contributed by atoms with Gasteiger partial charge in [-0.2, -0.15) is 5.26 Å². The van der Waals surface area contributed by atoms with Crippen LogP contribution in [0.25, 0.3) is 11.3 Å². The van der Waals surface area contributed by atoms with Crippen molar-refractivity contribution in [3.8, 4) is 17.3 Å². The van der Waals surface area contributed by atoms with E-state index in [9.17, 15) is 10.1 Å². The van der Waals surface area contributed by atoms with Gasteiger partial charge < -0.3 is 4.57 Å². The summed E-state index contributed by atoms with van der Waals surface area (Å²) in [7, 11) is 1.86. The van der Waals surface area contributed by atoms with Crippen LogP contribution >= 0.6 is 11.8 Å². The van der Waals surface area contributed by atoms with Gasteiger partial charge in [-0.1, -0.05) is 30.3 Å². The molecule has 0 radical (unpaired) electrons. The molecule has 0 N–H and O–H groups in total. The quantitative estimate of drug-likeness (QED) is 0.530. The number of hydrogen-bond acceptors (Lipinski definition) is 5. The van der Waals surface area contributed by atoms with Gasteiger partial charge in [-0.25, -0.2) is 4.98 Å². The lowest BCUT2D eigenvalue weighted by Crippen LogP contribution is -1.96. The van der Waals surface area contributed by atoms with Gasteiger partial charge in [-0.05, 0) is 29.5 Å². The van der Waals surface area contributed by atoms with Gasteiger partial charge in [0.25, 0.3) is 5.69 Å². The highest BCUT2D eigenvalue weighted by Gasteiger charge is 2.18. The van der Waals surface area contributed by atoms with Crippen LogP contribution in [-0.2, 0) is 7.05 Å².